The van der Waals surface area contributed by atoms with Gasteiger partial charge < -0.3 is 4.74 Å². The molecule has 1 aromatic heterocycles. The summed E-state index contributed by atoms with van der Waals surface area (Å²) in [6.07, 6.45) is 2.63. The van der Waals surface area contributed by atoms with E-state index < -0.39 is 0 Å². The van der Waals surface area contributed by atoms with Crippen LogP contribution in [0.5, 0.6) is 5.75 Å². The van der Waals surface area contributed by atoms with Crippen LogP contribution in [0.1, 0.15) is 34.5 Å². The van der Waals surface area contributed by atoms with Crippen LogP contribution in [0.2, 0.25) is 0 Å². The second kappa shape index (κ2) is 7.06. The van der Waals surface area contributed by atoms with E-state index in [0.717, 1.165) is 40.6 Å². The summed E-state index contributed by atoms with van der Waals surface area (Å²) in [5.74, 6) is 0.885. The number of thiazole rings is 1. The van der Waals surface area contributed by atoms with E-state index in [-0.39, 0.29) is 0 Å². The van der Waals surface area contributed by atoms with Crippen molar-refractivity contribution in [2.24, 2.45) is 0 Å². The van der Waals surface area contributed by atoms with Crippen molar-refractivity contribution < 1.29 is 4.74 Å². The fourth-order valence-corrected chi connectivity index (χ4v) is 2.85. The Balaban J connectivity index is 1.93. The van der Waals surface area contributed by atoms with Gasteiger partial charge in [-0.1, -0.05) is 25.5 Å². The summed E-state index contributed by atoms with van der Waals surface area (Å²) >= 11 is 1.49. The molecule has 2 aromatic rings. The lowest BCUT2D eigenvalue weighted by atomic mass is 10.2. The normalized spacial score (nSPS) is 10.2. The molecule has 0 atom stereocenters. The monoisotopic (exact) mass is 286 g/mol. The van der Waals surface area contributed by atoms with E-state index >= 15 is 0 Å². The number of hydrogen-bond donors (Lipinski definition) is 0. The molecule has 0 spiro atoms. The summed E-state index contributed by atoms with van der Waals surface area (Å²) in [6, 6.07) is 10.2. The molecule has 0 N–H and O–H groups in total. The molecule has 0 saturated heterocycles. The fourth-order valence-electron chi connectivity index (χ4n) is 1.96. The maximum absolute atomic E-state index is 9.08. The van der Waals surface area contributed by atoms with Crippen molar-refractivity contribution in [2.75, 3.05) is 6.61 Å². The van der Waals surface area contributed by atoms with Gasteiger partial charge in [-0.25, -0.2) is 4.98 Å². The number of hydrogen-bond acceptors (Lipinski definition) is 4. The van der Waals surface area contributed by atoms with E-state index in [1.807, 2.05) is 31.2 Å². The lowest BCUT2D eigenvalue weighted by molar-refractivity contribution is 0.321. The van der Waals surface area contributed by atoms with Crippen molar-refractivity contribution in [2.45, 2.75) is 33.1 Å². The molecule has 4 heteroatoms. The minimum Gasteiger partial charge on any atom is -0.493 e. The molecule has 0 saturated carbocycles. The molecule has 20 heavy (non-hydrogen) atoms. The van der Waals surface area contributed by atoms with E-state index in [0.29, 0.717) is 6.61 Å². The van der Waals surface area contributed by atoms with Gasteiger partial charge in [0, 0.05) is 6.42 Å². The first-order valence-electron chi connectivity index (χ1n) is 6.81. The van der Waals surface area contributed by atoms with Crippen LogP contribution in [0, 0.1) is 18.3 Å². The van der Waals surface area contributed by atoms with Crippen LogP contribution in [0.3, 0.4) is 0 Å². The highest BCUT2D eigenvalue weighted by Crippen LogP contribution is 2.20. The summed E-state index contributed by atoms with van der Waals surface area (Å²) < 4.78 is 5.72. The number of benzene rings is 1. The van der Waals surface area contributed by atoms with Crippen molar-refractivity contribution in [3.63, 3.8) is 0 Å². The van der Waals surface area contributed by atoms with Gasteiger partial charge in [-0.05, 0) is 31.0 Å². The van der Waals surface area contributed by atoms with E-state index in [4.69, 9.17) is 10.00 Å². The maximum Gasteiger partial charge on any atom is 0.128 e. The van der Waals surface area contributed by atoms with Crippen LogP contribution in [-0.4, -0.2) is 11.6 Å². The van der Waals surface area contributed by atoms with E-state index in [2.05, 4.69) is 18.0 Å². The third kappa shape index (κ3) is 3.82. The van der Waals surface area contributed by atoms with Crippen LogP contribution in [-0.2, 0) is 12.8 Å². The van der Waals surface area contributed by atoms with Gasteiger partial charge >= 0.3 is 0 Å². The topological polar surface area (TPSA) is 45.9 Å². The molecule has 2 rings (SSSR count). The zero-order valence-electron chi connectivity index (χ0n) is 11.8. The standard InChI is InChI=1S/C16H18N2OS/c1-3-5-14-15(11-17)20-16(18-14)8-9-19-13-7-4-6-12(2)10-13/h4,6-7,10H,3,5,8-9H2,1-2H3. The van der Waals surface area contributed by atoms with Gasteiger partial charge in [0.2, 0.25) is 0 Å². The highest BCUT2D eigenvalue weighted by Gasteiger charge is 2.10. The Hall–Kier alpha value is -1.86. The molecule has 1 heterocycles. The molecule has 0 bridgehead atoms. The average Bonchev–Trinajstić information content (AvgIpc) is 2.82. The van der Waals surface area contributed by atoms with Crippen LogP contribution < -0.4 is 4.74 Å². The average molecular weight is 286 g/mol. The van der Waals surface area contributed by atoms with Gasteiger partial charge in [0.15, 0.2) is 0 Å². The molecule has 0 amide bonds. The molecule has 0 aliphatic heterocycles. The smallest absolute Gasteiger partial charge is 0.128 e. The quantitative estimate of drug-likeness (QED) is 0.809. The summed E-state index contributed by atoms with van der Waals surface area (Å²) in [5, 5.41) is 10.1. The minimum absolute atomic E-state index is 0.591. The van der Waals surface area contributed by atoms with Gasteiger partial charge in [0.1, 0.15) is 16.7 Å². The Morgan fingerprint density at radius 2 is 2.20 bits per heavy atom. The van der Waals surface area contributed by atoms with Crippen LogP contribution >= 0.6 is 11.3 Å². The van der Waals surface area contributed by atoms with E-state index in [1.165, 1.54) is 16.9 Å². The fraction of sp³-hybridized carbons (Fsp3) is 0.375. The molecular formula is C16H18N2OS. The second-order valence-electron chi connectivity index (χ2n) is 4.66. The molecule has 0 aliphatic rings. The highest BCUT2D eigenvalue weighted by atomic mass is 32.1. The third-order valence-electron chi connectivity index (χ3n) is 2.90. The summed E-state index contributed by atoms with van der Waals surface area (Å²) in [7, 11) is 0. The lowest BCUT2D eigenvalue weighted by Crippen LogP contribution is -2.01. The summed E-state index contributed by atoms with van der Waals surface area (Å²) in [5.41, 5.74) is 2.12. The van der Waals surface area contributed by atoms with Gasteiger partial charge in [0.25, 0.3) is 0 Å². The maximum atomic E-state index is 9.08. The number of nitriles is 1. The zero-order chi connectivity index (χ0) is 14.4. The number of aryl methyl sites for hydroxylation is 2. The SMILES string of the molecule is CCCc1nc(CCOc2cccc(C)c2)sc1C#N. The molecular weight excluding hydrogens is 268 g/mol. The van der Waals surface area contributed by atoms with Gasteiger partial charge in [-0.3, -0.25) is 0 Å². The predicted molar refractivity (Wildman–Crippen MR) is 81.2 cm³/mol. The van der Waals surface area contributed by atoms with Crippen LogP contribution in [0.4, 0.5) is 0 Å². The van der Waals surface area contributed by atoms with Crippen molar-refractivity contribution >= 4 is 11.3 Å². The summed E-state index contributed by atoms with van der Waals surface area (Å²) in [4.78, 5) is 5.28. The number of nitrogens with zero attached hydrogens (tertiary/aromatic N) is 2. The molecule has 104 valence electrons. The van der Waals surface area contributed by atoms with Gasteiger partial charge in [-0.15, -0.1) is 11.3 Å². The zero-order valence-corrected chi connectivity index (χ0v) is 12.7. The molecule has 0 radical (unpaired) electrons. The molecule has 0 fully saturated rings. The van der Waals surface area contributed by atoms with Gasteiger partial charge in [0.05, 0.1) is 17.3 Å². The van der Waals surface area contributed by atoms with Crippen molar-refractivity contribution in [1.29, 1.82) is 5.26 Å². The largest absolute Gasteiger partial charge is 0.493 e. The molecule has 0 unspecified atom stereocenters. The Bertz CT molecular complexity index is 613. The Morgan fingerprint density at radius 3 is 2.90 bits per heavy atom. The molecule has 3 nitrogen and oxygen atoms in total. The highest BCUT2D eigenvalue weighted by molar-refractivity contribution is 7.12. The first-order valence-corrected chi connectivity index (χ1v) is 7.62. The Morgan fingerprint density at radius 1 is 1.35 bits per heavy atom. The molecule has 0 aliphatic carbocycles. The van der Waals surface area contributed by atoms with Crippen molar-refractivity contribution in [3.05, 3.63) is 45.4 Å². The first-order chi connectivity index (χ1) is 9.72. The van der Waals surface area contributed by atoms with Gasteiger partial charge in [-0.2, -0.15) is 5.26 Å². The third-order valence-corrected chi connectivity index (χ3v) is 3.97. The number of ether oxygens (including phenoxy) is 1. The Labute approximate surface area is 123 Å². The first kappa shape index (κ1) is 14.5. The minimum atomic E-state index is 0.591. The van der Waals surface area contributed by atoms with Crippen LogP contribution in [0.15, 0.2) is 24.3 Å². The van der Waals surface area contributed by atoms with Crippen molar-refractivity contribution in [3.8, 4) is 11.8 Å². The summed E-state index contributed by atoms with van der Waals surface area (Å²) in [6.45, 7) is 4.73. The van der Waals surface area contributed by atoms with Crippen molar-refractivity contribution in [1.82, 2.24) is 4.98 Å². The van der Waals surface area contributed by atoms with E-state index in [9.17, 15) is 0 Å². The number of aromatic nitrogens is 1. The van der Waals surface area contributed by atoms with E-state index in [1.54, 1.807) is 0 Å². The second-order valence-corrected chi connectivity index (χ2v) is 5.74. The molecule has 1 aromatic carbocycles. The lowest BCUT2D eigenvalue weighted by Gasteiger charge is -2.05. The predicted octanol–water partition coefficient (Wildman–Crippen LogP) is 3.90. The number of rotatable bonds is 6. The van der Waals surface area contributed by atoms with Crippen LogP contribution in [0.25, 0.3) is 0 Å². The Kier molecular flexibility index (Phi) is 5.14.